The highest BCUT2D eigenvalue weighted by Crippen LogP contribution is 2.26. The SMILES string of the molecule is Cc1ccc(C)c(/C=C/CN)c1O. The lowest BCUT2D eigenvalue weighted by Crippen LogP contribution is -1.93. The van der Waals surface area contributed by atoms with Crippen molar-refractivity contribution in [2.75, 3.05) is 6.54 Å². The minimum absolute atomic E-state index is 0.352. The molecule has 0 bridgehead atoms. The van der Waals surface area contributed by atoms with Gasteiger partial charge in [-0.15, -0.1) is 0 Å². The Morgan fingerprint density at radius 3 is 2.54 bits per heavy atom. The number of aryl methyl sites for hydroxylation is 2. The van der Waals surface area contributed by atoms with Gasteiger partial charge in [-0.05, 0) is 25.0 Å². The summed E-state index contributed by atoms with van der Waals surface area (Å²) in [6, 6.07) is 3.90. The Balaban J connectivity index is 3.17. The molecule has 0 fully saturated rings. The molecule has 1 rings (SSSR count). The van der Waals surface area contributed by atoms with E-state index in [0.29, 0.717) is 12.3 Å². The zero-order valence-corrected chi connectivity index (χ0v) is 8.04. The first-order valence-electron chi connectivity index (χ1n) is 4.32. The summed E-state index contributed by atoms with van der Waals surface area (Å²) in [7, 11) is 0. The number of rotatable bonds is 2. The van der Waals surface area contributed by atoms with E-state index in [1.54, 1.807) is 0 Å². The predicted molar refractivity (Wildman–Crippen MR) is 55.7 cm³/mol. The van der Waals surface area contributed by atoms with Crippen LogP contribution in [-0.2, 0) is 0 Å². The second kappa shape index (κ2) is 4.10. The summed E-state index contributed by atoms with van der Waals surface area (Å²) in [4.78, 5) is 0. The van der Waals surface area contributed by atoms with Gasteiger partial charge in [0.05, 0.1) is 0 Å². The molecule has 0 amide bonds. The van der Waals surface area contributed by atoms with Crippen LogP contribution in [0.15, 0.2) is 18.2 Å². The number of benzene rings is 1. The monoisotopic (exact) mass is 177 g/mol. The van der Waals surface area contributed by atoms with Gasteiger partial charge in [0.2, 0.25) is 0 Å². The van der Waals surface area contributed by atoms with Crippen molar-refractivity contribution in [3.8, 4) is 5.75 Å². The quantitative estimate of drug-likeness (QED) is 0.725. The summed E-state index contributed by atoms with van der Waals surface area (Å²) >= 11 is 0. The average Bonchev–Trinajstić information content (AvgIpc) is 2.12. The Hall–Kier alpha value is -1.28. The molecule has 0 aliphatic heterocycles. The van der Waals surface area contributed by atoms with Crippen molar-refractivity contribution in [1.82, 2.24) is 0 Å². The Kier molecular flexibility index (Phi) is 3.09. The van der Waals surface area contributed by atoms with Crippen molar-refractivity contribution in [3.05, 3.63) is 34.9 Å². The number of aromatic hydroxyl groups is 1. The van der Waals surface area contributed by atoms with E-state index >= 15 is 0 Å². The molecule has 0 heterocycles. The fraction of sp³-hybridized carbons (Fsp3) is 0.273. The Morgan fingerprint density at radius 2 is 1.92 bits per heavy atom. The maximum atomic E-state index is 9.71. The largest absolute Gasteiger partial charge is 0.507 e. The van der Waals surface area contributed by atoms with Crippen molar-refractivity contribution in [2.45, 2.75) is 13.8 Å². The van der Waals surface area contributed by atoms with Gasteiger partial charge in [-0.2, -0.15) is 0 Å². The summed E-state index contributed by atoms with van der Waals surface area (Å²) in [6.45, 7) is 4.34. The van der Waals surface area contributed by atoms with Crippen LogP contribution in [0.25, 0.3) is 6.08 Å². The van der Waals surface area contributed by atoms with E-state index in [-0.39, 0.29) is 0 Å². The van der Waals surface area contributed by atoms with Gasteiger partial charge in [0.15, 0.2) is 0 Å². The molecular weight excluding hydrogens is 162 g/mol. The third-order valence-corrected chi connectivity index (χ3v) is 2.06. The second-order valence-corrected chi connectivity index (χ2v) is 3.10. The molecule has 70 valence electrons. The number of nitrogens with two attached hydrogens (primary N) is 1. The molecule has 0 unspecified atom stereocenters. The highest BCUT2D eigenvalue weighted by atomic mass is 16.3. The molecule has 0 aliphatic rings. The zero-order valence-electron chi connectivity index (χ0n) is 8.04. The molecule has 0 radical (unpaired) electrons. The molecule has 0 aromatic heterocycles. The molecular formula is C11H15NO. The molecule has 0 atom stereocenters. The first-order chi connectivity index (χ1) is 6.16. The summed E-state index contributed by atoms with van der Waals surface area (Å²) < 4.78 is 0. The Labute approximate surface area is 78.7 Å². The first kappa shape index (κ1) is 9.81. The number of hydrogen-bond acceptors (Lipinski definition) is 2. The maximum Gasteiger partial charge on any atom is 0.125 e. The normalized spacial score (nSPS) is 11.0. The molecule has 0 saturated heterocycles. The Morgan fingerprint density at radius 1 is 1.31 bits per heavy atom. The van der Waals surface area contributed by atoms with E-state index < -0.39 is 0 Å². The highest BCUT2D eigenvalue weighted by molar-refractivity contribution is 5.62. The molecule has 1 aromatic carbocycles. The van der Waals surface area contributed by atoms with Crippen molar-refractivity contribution in [2.24, 2.45) is 5.73 Å². The van der Waals surface area contributed by atoms with Crippen LogP contribution in [0.4, 0.5) is 0 Å². The summed E-state index contributed by atoms with van der Waals surface area (Å²) in [5.74, 6) is 0.352. The molecule has 0 spiro atoms. The fourth-order valence-electron chi connectivity index (χ4n) is 1.21. The van der Waals surface area contributed by atoms with Gasteiger partial charge >= 0.3 is 0 Å². The van der Waals surface area contributed by atoms with Gasteiger partial charge in [0, 0.05) is 12.1 Å². The third-order valence-electron chi connectivity index (χ3n) is 2.06. The molecule has 0 saturated carbocycles. The van der Waals surface area contributed by atoms with Gasteiger partial charge < -0.3 is 10.8 Å². The predicted octanol–water partition coefficient (Wildman–Crippen LogP) is 1.98. The van der Waals surface area contributed by atoms with Crippen molar-refractivity contribution in [3.63, 3.8) is 0 Å². The van der Waals surface area contributed by atoms with Gasteiger partial charge in [-0.1, -0.05) is 24.3 Å². The van der Waals surface area contributed by atoms with Gasteiger partial charge in [-0.3, -0.25) is 0 Å². The Bertz CT molecular complexity index is 329. The minimum Gasteiger partial charge on any atom is -0.507 e. The lowest BCUT2D eigenvalue weighted by Gasteiger charge is -2.06. The van der Waals surface area contributed by atoms with E-state index in [1.165, 1.54) is 0 Å². The lowest BCUT2D eigenvalue weighted by atomic mass is 10.0. The summed E-state index contributed by atoms with van der Waals surface area (Å²) in [5.41, 5.74) is 8.17. The van der Waals surface area contributed by atoms with Gasteiger partial charge in [0.25, 0.3) is 0 Å². The third kappa shape index (κ3) is 2.10. The molecule has 1 aromatic rings. The van der Waals surface area contributed by atoms with E-state index in [1.807, 2.05) is 38.1 Å². The molecule has 2 nitrogen and oxygen atoms in total. The highest BCUT2D eigenvalue weighted by Gasteiger charge is 2.03. The topological polar surface area (TPSA) is 46.2 Å². The number of phenols is 1. The lowest BCUT2D eigenvalue weighted by molar-refractivity contribution is 0.469. The van der Waals surface area contributed by atoms with Crippen molar-refractivity contribution < 1.29 is 5.11 Å². The molecule has 13 heavy (non-hydrogen) atoms. The van der Waals surface area contributed by atoms with E-state index in [9.17, 15) is 5.11 Å². The van der Waals surface area contributed by atoms with E-state index in [4.69, 9.17) is 5.73 Å². The van der Waals surface area contributed by atoms with E-state index in [0.717, 1.165) is 16.7 Å². The number of hydrogen-bond donors (Lipinski definition) is 2. The van der Waals surface area contributed by atoms with Crippen LogP contribution in [-0.4, -0.2) is 11.7 Å². The van der Waals surface area contributed by atoms with Crippen molar-refractivity contribution >= 4 is 6.08 Å². The first-order valence-corrected chi connectivity index (χ1v) is 4.32. The summed E-state index contributed by atoms with van der Waals surface area (Å²) in [5, 5.41) is 9.71. The van der Waals surface area contributed by atoms with Gasteiger partial charge in [0.1, 0.15) is 5.75 Å². The summed E-state index contributed by atoms with van der Waals surface area (Å²) in [6.07, 6.45) is 3.69. The van der Waals surface area contributed by atoms with Crippen LogP contribution in [0.5, 0.6) is 5.75 Å². The van der Waals surface area contributed by atoms with Crippen LogP contribution in [0.1, 0.15) is 16.7 Å². The van der Waals surface area contributed by atoms with Crippen molar-refractivity contribution in [1.29, 1.82) is 0 Å². The standard InChI is InChI=1S/C11H15NO/c1-8-5-6-9(2)11(13)10(8)4-3-7-12/h3-6,13H,7,12H2,1-2H3/b4-3+. The maximum absolute atomic E-state index is 9.71. The van der Waals surface area contributed by atoms with Crippen LogP contribution in [0, 0.1) is 13.8 Å². The molecule has 0 aliphatic carbocycles. The number of phenolic OH excluding ortho intramolecular Hbond substituents is 1. The van der Waals surface area contributed by atoms with Crippen LogP contribution in [0.3, 0.4) is 0 Å². The fourth-order valence-corrected chi connectivity index (χ4v) is 1.21. The molecule has 2 heteroatoms. The zero-order chi connectivity index (χ0) is 9.84. The van der Waals surface area contributed by atoms with E-state index in [2.05, 4.69) is 0 Å². The van der Waals surface area contributed by atoms with Crippen LogP contribution >= 0.6 is 0 Å². The van der Waals surface area contributed by atoms with Crippen LogP contribution < -0.4 is 5.73 Å². The van der Waals surface area contributed by atoms with Crippen LogP contribution in [0.2, 0.25) is 0 Å². The minimum atomic E-state index is 0.352. The van der Waals surface area contributed by atoms with Gasteiger partial charge in [-0.25, -0.2) is 0 Å². The second-order valence-electron chi connectivity index (χ2n) is 3.10. The molecule has 3 N–H and O–H groups in total. The average molecular weight is 177 g/mol. The smallest absolute Gasteiger partial charge is 0.125 e.